The maximum Gasteiger partial charge on any atom is 0.514 e. The molecule has 0 heterocycles. The van der Waals surface area contributed by atoms with Crippen molar-refractivity contribution < 1.29 is 39.0 Å². The quantitative estimate of drug-likeness (QED) is 0.161. The van der Waals surface area contributed by atoms with Gasteiger partial charge in [-0.3, -0.25) is 14.9 Å². The first-order valence-electron chi connectivity index (χ1n) is 8.13. The molecule has 0 bridgehead atoms. The van der Waals surface area contributed by atoms with Gasteiger partial charge in [0.05, 0.1) is 4.92 Å². The molecule has 0 aromatic heterocycles. The third-order valence-electron chi connectivity index (χ3n) is 3.49. The first-order chi connectivity index (χ1) is 13.6. The maximum atomic E-state index is 12.3. The Morgan fingerprint density at radius 3 is 2.41 bits per heavy atom. The van der Waals surface area contributed by atoms with Crippen LogP contribution in [0.5, 0.6) is 11.5 Å². The molecule has 0 unspecified atom stereocenters. The summed E-state index contributed by atoms with van der Waals surface area (Å²) >= 11 is 0. The molecule has 0 aliphatic rings. The van der Waals surface area contributed by atoms with Gasteiger partial charge in [-0.2, -0.15) is 5.26 Å². The Bertz CT molecular complexity index is 898. The number of nitro benzene ring substituents is 1. The van der Waals surface area contributed by atoms with E-state index in [4.69, 9.17) is 5.11 Å². The Morgan fingerprint density at radius 1 is 1.31 bits per heavy atom. The van der Waals surface area contributed by atoms with Crippen molar-refractivity contribution >= 4 is 29.8 Å². The number of ether oxygens (including phenoxy) is 2. The number of nitrogens with zero attached hydrogens (tertiary/aromatic N) is 3. The van der Waals surface area contributed by atoms with Crippen LogP contribution in [-0.4, -0.2) is 57.8 Å². The van der Waals surface area contributed by atoms with E-state index in [0.717, 1.165) is 18.2 Å². The van der Waals surface area contributed by atoms with E-state index < -0.39 is 46.7 Å². The number of benzene rings is 1. The van der Waals surface area contributed by atoms with Crippen LogP contribution in [-0.2, 0) is 14.3 Å². The second kappa shape index (κ2) is 10.3. The molecule has 2 N–H and O–H groups in total. The molecule has 1 aromatic carbocycles. The third-order valence-corrected chi connectivity index (χ3v) is 3.49. The summed E-state index contributed by atoms with van der Waals surface area (Å²) in [6, 6.07) is 3.52. The van der Waals surface area contributed by atoms with Crippen molar-refractivity contribution in [2.45, 2.75) is 13.8 Å². The number of phenolic OH excluding ortho intramolecular Hbond substituents is 1. The maximum absolute atomic E-state index is 12.3. The fourth-order valence-electron chi connectivity index (χ4n) is 2.14. The zero-order valence-corrected chi connectivity index (χ0v) is 15.4. The average Bonchev–Trinajstić information content (AvgIpc) is 2.67. The van der Waals surface area contributed by atoms with Crippen molar-refractivity contribution in [2.75, 3.05) is 19.7 Å². The highest BCUT2D eigenvalue weighted by Crippen LogP contribution is 2.38. The minimum Gasteiger partial charge on any atom is -0.499 e. The molecule has 0 saturated carbocycles. The van der Waals surface area contributed by atoms with Gasteiger partial charge in [0.1, 0.15) is 11.6 Å². The minimum atomic E-state index is -1.53. The molecule has 0 saturated heterocycles. The largest absolute Gasteiger partial charge is 0.514 e. The summed E-state index contributed by atoms with van der Waals surface area (Å²) in [7, 11) is 0. The predicted octanol–water partition coefficient (Wildman–Crippen LogP) is 1.68. The van der Waals surface area contributed by atoms with Crippen LogP contribution in [0, 0.1) is 21.4 Å². The topological polar surface area (TPSA) is 180 Å². The van der Waals surface area contributed by atoms with E-state index >= 15 is 0 Å². The Kier molecular flexibility index (Phi) is 8.10. The highest BCUT2D eigenvalue weighted by Gasteiger charge is 2.23. The monoisotopic (exact) mass is 407 g/mol. The molecule has 1 rings (SSSR count). The average molecular weight is 407 g/mol. The van der Waals surface area contributed by atoms with Crippen molar-refractivity contribution in [3.05, 3.63) is 33.4 Å². The Morgan fingerprint density at radius 2 is 1.93 bits per heavy atom. The van der Waals surface area contributed by atoms with E-state index in [1.807, 2.05) is 0 Å². The van der Waals surface area contributed by atoms with Gasteiger partial charge in [0.25, 0.3) is 5.91 Å². The predicted molar refractivity (Wildman–Crippen MR) is 95.9 cm³/mol. The Hall–Kier alpha value is -4.14. The van der Waals surface area contributed by atoms with Crippen molar-refractivity contribution in [3.8, 4) is 17.6 Å². The van der Waals surface area contributed by atoms with E-state index in [1.54, 1.807) is 19.9 Å². The van der Waals surface area contributed by atoms with Crippen LogP contribution in [0.3, 0.4) is 0 Å². The number of likely N-dealkylation sites (N-methyl/N-ethyl adjacent to an activating group) is 1. The summed E-state index contributed by atoms with van der Waals surface area (Å²) in [6.45, 7) is 3.03. The van der Waals surface area contributed by atoms with E-state index in [1.165, 1.54) is 4.90 Å². The number of carboxylic acids is 1. The fourth-order valence-corrected chi connectivity index (χ4v) is 2.14. The summed E-state index contributed by atoms with van der Waals surface area (Å²) in [6.07, 6.45) is -0.499. The summed E-state index contributed by atoms with van der Waals surface area (Å²) in [5.41, 5.74) is -1.30. The standard InChI is InChI=1S/C17H17N3O9/c1-3-19(4-2)16(24)11(8-18)5-10-6-12(20(26)27)15(23)13(7-10)29-17(25)28-9-14(21)22/h5-7,23H,3-4,9H2,1-2H3,(H,21,22)/b11-5+. The smallest absolute Gasteiger partial charge is 0.499 e. The number of nitro groups is 1. The molecule has 1 amide bonds. The van der Waals surface area contributed by atoms with Gasteiger partial charge in [0.2, 0.25) is 5.75 Å². The van der Waals surface area contributed by atoms with Gasteiger partial charge < -0.3 is 24.6 Å². The normalized spacial score (nSPS) is 10.6. The molecule has 0 aliphatic carbocycles. The van der Waals surface area contributed by atoms with Gasteiger partial charge in [0.15, 0.2) is 12.4 Å². The van der Waals surface area contributed by atoms with E-state index in [-0.39, 0.29) is 11.1 Å². The summed E-state index contributed by atoms with van der Waals surface area (Å²) in [5, 5.41) is 38.8. The van der Waals surface area contributed by atoms with Gasteiger partial charge in [-0.25, -0.2) is 9.59 Å². The number of hydrogen-bond acceptors (Lipinski definition) is 9. The van der Waals surface area contributed by atoms with Crippen LogP contribution in [0.25, 0.3) is 6.08 Å². The molecule has 29 heavy (non-hydrogen) atoms. The molecule has 12 nitrogen and oxygen atoms in total. The lowest BCUT2D eigenvalue weighted by Crippen LogP contribution is -2.31. The number of carbonyl (C=O) groups is 3. The number of phenols is 1. The molecule has 1 aromatic rings. The highest BCUT2D eigenvalue weighted by molar-refractivity contribution is 6.01. The second-order valence-electron chi connectivity index (χ2n) is 5.33. The summed E-state index contributed by atoms with van der Waals surface area (Å²) < 4.78 is 8.84. The third kappa shape index (κ3) is 6.21. The van der Waals surface area contributed by atoms with Crippen molar-refractivity contribution in [3.63, 3.8) is 0 Å². The molecule has 0 spiro atoms. The number of carbonyl (C=O) groups excluding carboxylic acids is 2. The van der Waals surface area contributed by atoms with Crippen LogP contribution in [0.2, 0.25) is 0 Å². The lowest BCUT2D eigenvalue weighted by Gasteiger charge is -2.17. The lowest BCUT2D eigenvalue weighted by molar-refractivity contribution is -0.385. The number of nitriles is 1. The van der Waals surface area contributed by atoms with Crippen molar-refractivity contribution in [1.29, 1.82) is 5.26 Å². The van der Waals surface area contributed by atoms with Gasteiger partial charge in [-0.05, 0) is 31.6 Å². The molecular weight excluding hydrogens is 390 g/mol. The number of aliphatic carboxylic acids is 1. The first kappa shape index (κ1) is 22.9. The second-order valence-corrected chi connectivity index (χ2v) is 5.33. The molecule has 0 atom stereocenters. The van der Waals surface area contributed by atoms with Crippen molar-refractivity contribution in [2.24, 2.45) is 0 Å². The van der Waals surface area contributed by atoms with E-state index in [0.29, 0.717) is 13.1 Å². The van der Waals surface area contributed by atoms with Crippen LogP contribution >= 0.6 is 0 Å². The number of carboxylic acid groups (broad SMARTS) is 1. The molecule has 0 radical (unpaired) electrons. The van der Waals surface area contributed by atoms with Gasteiger partial charge in [0, 0.05) is 19.2 Å². The number of aromatic hydroxyl groups is 1. The molecule has 0 aliphatic heterocycles. The summed E-state index contributed by atoms with van der Waals surface area (Å²) in [5.74, 6) is -3.82. The fraction of sp³-hybridized carbons (Fsp3) is 0.294. The first-order valence-corrected chi connectivity index (χ1v) is 8.13. The van der Waals surface area contributed by atoms with E-state index in [2.05, 4.69) is 9.47 Å². The zero-order chi connectivity index (χ0) is 22.1. The summed E-state index contributed by atoms with van der Waals surface area (Å²) in [4.78, 5) is 45.8. The number of amides is 1. The van der Waals surface area contributed by atoms with Crippen LogP contribution in [0.15, 0.2) is 17.7 Å². The molecule has 12 heteroatoms. The Balaban J connectivity index is 3.37. The van der Waals surface area contributed by atoms with Crippen molar-refractivity contribution in [1.82, 2.24) is 4.90 Å². The lowest BCUT2D eigenvalue weighted by atomic mass is 10.1. The van der Waals surface area contributed by atoms with Gasteiger partial charge in [-0.15, -0.1) is 0 Å². The van der Waals surface area contributed by atoms with E-state index in [9.17, 15) is 34.9 Å². The van der Waals surface area contributed by atoms with Crippen LogP contribution in [0.1, 0.15) is 19.4 Å². The SMILES string of the molecule is CCN(CC)C(=O)/C(C#N)=C/c1cc(OC(=O)OCC(=O)O)c(O)c([N+](=O)[O-])c1. The van der Waals surface area contributed by atoms with Crippen LogP contribution in [0.4, 0.5) is 10.5 Å². The van der Waals surface area contributed by atoms with Crippen LogP contribution < -0.4 is 4.74 Å². The minimum absolute atomic E-state index is 0.0902. The zero-order valence-electron chi connectivity index (χ0n) is 15.4. The number of hydrogen-bond donors (Lipinski definition) is 2. The highest BCUT2D eigenvalue weighted by atomic mass is 16.7. The Labute approximate surface area is 164 Å². The number of rotatable bonds is 8. The molecule has 0 fully saturated rings. The van der Waals surface area contributed by atoms with Gasteiger partial charge in [-0.1, -0.05) is 0 Å². The molecule has 154 valence electrons. The van der Waals surface area contributed by atoms with Gasteiger partial charge >= 0.3 is 17.8 Å². The molecular formula is C17H17N3O9.